The predicted octanol–water partition coefficient (Wildman–Crippen LogP) is 4.11. The van der Waals surface area contributed by atoms with Crippen LogP contribution in [-0.2, 0) is 6.42 Å². The molecule has 1 aliphatic rings. The van der Waals surface area contributed by atoms with Crippen molar-refractivity contribution in [3.63, 3.8) is 0 Å². The maximum Gasteiger partial charge on any atom is 0.166 e. The third-order valence-corrected chi connectivity index (χ3v) is 4.37. The summed E-state index contributed by atoms with van der Waals surface area (Å²) in [6.07, 6.45) is 5.55. The van der Waals surface area contributed by atoms with E-state index in [-0.39, 0.29) is 5.56 Å². The number of unbranched alkanes of at least 4 members (excludes halogenated alkanes) is 1. The van der Waals surface area contributed by atoms with E-state index in [1.807, 2.05) is 26.2 Å². The number of benzene rings is 1. The monoisotopic (exact) mass is 330 g/mol. The van der Waals surface area contributed by atoms with Gasteiger partial charge in [-0.05, 0) is 36.8 Å². The van der Waals surface area contributed by atoms with Crippen LogP contribution in [0.1, 0.15) is 44.2 Å². The van der Waals surface area contributed by atoms with Gasteiger partial charge >= 0.3 is 0 Å². The Balaban J connectivity index is 2.54. The molecule has 130 valence electrons. The molecule has 0 bridgehead atoms. The minimum atomic E-state index is -0.411. The molecule has 0 amide bonds. The van der Waals surface area contributed by atoms with Crippen molar-refractivity contribution >= 4 is 17.7 Å². The summed E-state index contributed by atoms with van der Waals surface area (Å²) in [7, 11) is 3.70. The molecule has 1 heterocycles. The van der Waals surface area contributed by atoms with Crippen molar-refractivity contribution in [1.82, 2.24) is 4.90 Å². The highest BCUT2D eigenvalue weighted by molar-refractivity contribution is 5.72. The Morgan fingerprint density at radius 3 is 2.88 bits per heavy atom. The number of hydrogen-bond donors (Lipinski definition) is 0. The van der Waals surface area contributed by atoms with Crippen molar-refractivity contribution < 1.29 is 4.39 Å². The smallest absolute Gasteiger partial charge is 0.166 e. The highest BCUT2D eigenvalue weighted by Crippen LogP contribution is 2.37. The van der Waals surface area contributed by atoms with Crippen LogP contribution in [0.4, 0.5) is 15.8 Å². The third-order valence-electron chi connectivity index (χ3n) is 4.37. The summed E-state index contributed by atoms with van der Waals surface area (Å²) in [5.41, 5.74) is 2.06. The largest absolute Gasteiger partial charge is 0.369 e. The molecule has 1 unspecified atom stereocenters. The minimum Gasteiger partial charge on any atom is -0.369 e. The number of hydrogen-bond acceptors (Lipinski definition) is 3. The molecule has 0 N–H and O–H groups in total. The second-order valence-corrected chi connectivity index (χ2v) is 6.86. The van der Waals surface area contributed by atoms with Crippen LogP contribution in [0.2, 0.25) is 0 Å². The van der Waals surface area contributed by atoms with E-state index in [1.165, 1.54) is 0 Å². The van der Waals surface area contributed by atoms with Crippen LogP contribution in [-0.4, -0.2) is 38.4 Å². The Morgan fingerprint density at radius 1 is 1.50 bits per heavy atom. The van der Waals surface area contributed by atoms with E-state index in [0.29, 0.717) is 17.3 Å². The van der Waals surface area contributed by atoms with Crippen LogP contribution in [0.25, 0.3) is 0 Å². The summed E-state index contributed by atoms with van der Waals surface area (Å²) in [6.45, 7) is 6.02. The van der Waals surface area contributed by atoms with E-state index in [9.17, 15) is 5.26 Å². The van der Waals surface area contributed by atoms with Crippen LogP contribution in [0.5, 0.6) is 0 Å². The molecule has 0 aromatic heterocycles. The lowest BCUT2D eigenvalue weighted by atomic mass is 10.00. The first-order valence-electron chi connectivity index (χ1n) is 8.68. The second-order valence-electron chi connectivity index (χ2n) is 6.86. The molecule has 1 aliphatic heterocycles. The highest BCUT2D eigenvalue weighted by atomic mass is 19.1. The van der Waals surface area contributed by atoms with Crippen molar-refractivity contribution in [2.45, 2.75) is 39.5 Å². The first-order chi connectivity index (χ1) is 11.5. The summed E-state index contributed by atoms with van der Waals surface area (Å²) in [5.74, 6) is 0.0963. The lowest BCUT2D eigenvalue weighted by Crippen LogP contribution is -2.29. The van der Waals surface area contributed by atoms with E-state index in [4.69, 9.17) is 0 Å². The fourth-order valence-corrected chi connectivity index (χ4v) is 3.11. The summed E-state index contributed by atoms with van der Waals surface area (Å²) >= 11 is 0. The van der Waals surface area contributed by atoms with Gasteiger partial charge in [-0.2, -0.15) is 5.26 Å². The molecule has 1 atom stereocenters. The summed E-state index contributed by atoms with van der Waals surface area (Å²) in [5, 5.41) is 9.45. The number of anilines is 1. The molecule has 1 aromatic carbocycles. The molecular formula is C19H27FN4. The van der Waals surface area contributed by atoms with Gasteiger partial charge in [0.25, 0.3) is 0 Å². The molecule has 0 radical (unpaired) electrons. The zero-order valence-corrected chi connectivity index (χ0v) is 15.1. The number of fused-ring (bicyclic) bond motifs is 1. The third kappa shape index (κ3) is 4.05. The Bertz CT molecular complexity index is 646. The van der Waals surface area contributed by atoms with E-state index >= 15 is 4.39 Å². The molecule has 0 fully saturated rings. The molecule has 0 spiro atoms. The zero-order chi connectivity index (χ0) is 17.7. The van der Waals surface area contributed by atoms with Gasteiger partial charge in [0.2, 0.25) is 0 Å². The van der Waals surface area contributed by atoms with E-state index in [0.717, 1.165) is 44.3 Å². The molecule has 24 heavy (non-hydrogen) atoms. The van der Waals surface area contributed by atoms with Crippen molar-refractivity contribution in [1.29, 1.82) is 5.26 Å². The minimum absolute atomic E-state index is 0.0444. The zero-order valence-electron chi connectivity index (χ0n) is 15.1. The fourth-order valence-electron chi connectivity index (χ4n) is 3.11. The molecule has 0 saturated carbocycles. The first kappa shape index (κ1) is 18.3. The average molecular weight is 330 g/mol. The molecule has 2 rings (SSSR count). The molecule has 1 aromatic rings. The average Bonchev–Trinajstić information content (AvgIpc) is 2.70. The fraction of sp³-hybridized carbons (Fsp3) is 0.579. The number of nitriles is 1. The van der Waals surface area contributed by atoms with Crippen LogP contribution < -0.4 is 4.90 Å². The lowest BCUT2D eigenvalue weighted by Gasteiger charge is -2.27. The summed E-state index contributed by atoms with van der Waals surface area (Å²) in [6, 6.07) is 3.91. The number of aryl methyl sites for hydroxylation is 1. The molecule has 4 nitrogen and oxygen atoms in total. The van der Waals surface area contributed by atoms with E-state index in [2.05, 4.69) is 23.7 Å². The number of aliphatic imine (C=N–C) groups is 1. The Kier molecular flexibility index (Phi) is 6.19. The van der Waals surface area contributed by atoms with Gasteiger partial charge in [-0.25, -0.2) is 9.38 Å². The van der Waals surface area contributed by atoms with Crippen LogP contribution in [0, 0.1) is 23.1 Å². The highest BCUT2D eigenvalue weighted by Gasteiger charge is 2.26. The number of nitrogens with zero attached hydrogens (tertiary/aromatic N) is 4. The number of halogens is 1. The van der Waals surface area contributed by atoms with Gasteiger partial charge in [0.05, 0.1) is 17.7 Å². The van der Waals surface area contributed by atoms with Crippen molar-refractivity contribution in [2.24, 2.45) is 10.9 Å². The van der Waals surface area contributed by atoms with Crippen molar-refractivity contribution in [3.05, 3.63) is 23.0 Å². The van der Waals surface area contributed by atoms with E-state index < -0.39 is 5.82 Å². The van der Waals surface area contributed by atoms with Gasteiger partial charge in [-0.1, -0.05) is 20.3 Å². The van der Waals surface area contributed by atoms with Gasteiger partial charge in [0.15, 0.2) is 5.82 Å². The predicted molar refractivity (Wildman–Crippen MR) is 97.6 cm³/mol. The van der Waals surface area contributed by atoms with Gasteiger partial charge in [-0.15, -0.1) is 0 Å². The second kappa shape index (κ2) is 8.14. The van der Waals surface area contributed by atoms with E-state index in [1.54, 1.807) is 11.2 Å². The van der Waals surface area contributed by atoms with Gasteiger partial charge in [-0.3, -0.25) is 0 Å². The Hall–Kier alpha value is -2.09. The Morgan fingerprint density at radius 2 is 2.25 bits per heavy atom. The molecule has 0 saturated heterocycles. The molecule has 0 aliphatic carbocycles. The van der Waals surface area contributed by atoms with Crippen LogP contribution in [0.15, 0.2) is 11.1 Å². The standard InChI is InChI=1S/C19H27FN4/c1-5-6-9-24-12-14(2)7-8-15-10-17(22-13-23(3)4)16(11-21)18(20)19(15)24/h10,13-14H,5-9,12H2,1-4H3/b22-13+. The maximum atomic E-state index is 15.2. The Labute approximate surface area is 144 Å². The topological polar surface area (TPSA) is 42.6 Å². The number of rotatable bonds is 5. The quantitative estimate of drug-likeness (QED) is 0.603. The normalized spacial score (nSPS) is 17.5. The van der Waals surface area contributed by atoms with Crippen LogP contribution >= 0.6 is 0 Å². The SMILES string of the molecule is CCCCN1CC(C)CCc2cc(/N=C/N(C)C)c(C#N)c(F)c21. The molecule has 5 heteroatoms. The lowest BCUT2D eigenvalue weighted by molar-refractivity contribution is 0.526. The maximum absolute atomic E-state index is 15.2. The van der Waals surface area contributed by atoms with Gasteiger partial charge in [0, 0.05) is 27.2 Å². The van der Waals surface area contributed by atoms with Crippen molar-refractivity contribution in [3.8, 4) is 6.07 Å². The van der Waals surface area contributed by atoms with Gasteiger partial charge in [0.1, 0.15) is 11.6 Å². The van der Waals surface area contributed by atoms with Crippen molar-refractivity contribution in [2.75, 3.05) is 32.1 Å². The van der Waals surface area contributed by atoms with Crippen LogP contribution in [0.3, 0.4) is 0 Å². The molecular weight excluding hydrogens is 303 g/mol. The summed E-state index contributed by atoms with van der Waals surface area (Å²) in [4.78, 5) is 8.21. The first-order valence-corrected chi connectivity index (χ1v) is 8.68. The van der Waals surface area contributed by atoms with Gasteiger partial charge < -0.3 is 9.80 Å². The summed E-state index contributed by atoms with van der Waals surface area (Å²) < 4.78 is 15.2.